The molecule has 1 saturated heterocycles. The topological polar surface area (TPSA) is 88.5 Å². The van der Waals surface area contributed by atoms with Crippen LogP contribution < -0.4 is 9.47 Å². The Balaban J connectivity index is 1.66. The van der Waals surface area contributed by atoms with Crippen molar-refractivity contribution >= 4 is 23.5 Å². The molecule has 0 bridgehead atoms. The first-order chi connectivity index (χ1) is 11.9. The van der Waals surface area contributed by atoms with Gasteiger partial charge in [-0.05, 0) is 19.2 Å². The van der Waals surface area contributed by atoms with Crippen LogP contribution in [0.15, 0.2) is 12.1 Å². The van der Waals surface area contributed by atoms with Crippen LogP contribution in [0, 0.1) is 0 Å². The fourth-order valence-electron chi connectivity index (χ4n) is 2.93. The minimum Gasteiger partial charge on any atom is -0.480 e. The van der Waals surface area contributed by atoms with Gasteiger partial charge in [-0.3, -0.25) is 14.5 Å². The molecule has 0 unspecified atom stereocenters. The molecular formula is C16H19ClN2O6. The third kappa shape index (κ3) is 4.15. The van der Waals surface area contributed by atoms with Crippen molar-refractivity contribution in [3.05, 3.63) is 22.7 Å². The Morgan fingerprint density at radius 3 is 2.96 bits per heavy atom. The summed E-state index contributed by atoms with van der Waals surface area (Å²) < 4.78 is 16.2. The van der Waals surface area contributed by atoms with Crippen molar-refractivity contribution in [1.29, 1.82) is 0 Å². The molecule has 1 N–H and O–H groups in total. The number of hydrogen-bond acceptors (Lipinski definition) is 6. The summed E-state index contributed by atoms with van der Waals surface area (Å²) in [5.74, 6) is -0.161. The second-order valence-corrected chi connectivity index (χ2v) is 6.43. The van der Waals surface area contributed by atoms with Gasteiger partial charge in [0, 0.05) is 25.2 Å². The van der Waals surface area contributed by atoms with Crippen molar-refractivity contribution in [3.63, 3.8) is 0 Å². The third-order valence-electron chi connectivity index (χ3n) is 4.02. The van der Waals surface area contributed by atoms with Crippen molar-refractivity contribution in [1.82, 2.24) is 9.80 Å². The quantitative estimate of drug-likeness (QED) is 0.824. The SMILES string of the molecule is CN(CC(=O)O)C[C@@H]1CN(C(=O)c2cc(Cl)c3c(c2)OCO3)CCO1. The number of aliphatic carboxylic acids is 1. The van der Waals surface area contributed by atoms with Crippen molar-refractivity contribution in [3.8, 4) is 11.5 Å². The lowest BCUT2D eigenvalue weighted by molar-refractivity contribution is -0.138. The van der Waals surface area contributed by atoms with Crippen LogP contribution in [0.3, 0.4) is 0 Å². The molecule has 2 heterocycles. The van der Waals surface area contributed by atoms with Gasteiger partial charge in [-0.15, -0.1) is 0 Å². The smallest absolute Gasteiger partial charge is 0.317 e. The summed E-state index contributed by atoms with van der Waals surface area (Å²) in [4.78, 5) is 26.8. The van der Waals surface area contributed by atoms with Gasteiger partial charge in [-0.1, -0.05) is 11.6 Å². The number of fused-ring (bicyclic) bond motifs is 1. The number of benzene rings is 1. The number of amides is 1. The number of carbonyl (C=O) groups is 2. The molecule has 9 heteroatoms. The highest BCUT2D eigenvalue weighted by atomic mass is 35.5. The zero-order valence-electron chi connectivity index (χ0n) is 13.7. The molecule has 0 aliphatic carbocycles. The molecule has 25 heavy (non-hydrogen) atoms. The highest BCUT2D eigenvalue weighted by Crippen LogP contribution is 2.40. The molecule has 2 aliphatic heterocycles. The third-order valence-corrected chi connectivity index (χ3v) is 4.30. The van der Waals surface area contributed by atoms with E-state index in [1.807, 2.05) is 0 Å². The first-order valence-electron chi connectivity index (χ1n) is 7.84. The first-order valence-corrected chi connectivity index (χ1v) is 8.22. The van der Waals surface area contributed by atoms with Crippen LogP contribution in [0.1, 0.15) is 10.4 Å². The van der Waals surface area contributed by atoms with E-state index in [1.165, 1.54) is 0 Å². The maximum atomic E-state index is 12.8. The van der Waals surface area contributed by atoms with Crippen LogP contribution in [0.5, 0.6) is 11.5 Å². The second-order valence-electron chi connectivity index (χ2n) is 6.03. The Kier molecular flexibility index (Phi) is 5.31. The monoisotopic (exact) mass is 370 g/mol. The van der Waals surface area contributed by atoms with Gasteiger partial charge in [-0.25, -0.2) is 0 Å². The Morgan fingerprint density at radius 1 is 1.40 bits per heavy atom. The van der Waals surface area contributed by atoms with E-state index in [1.54, 1.807) is 29.0 Å². The summed E-state index contributed by atoms with van der Waals surface area (Å²) in [7, 11) is 1.70. The maximum absolute atomic E-state index is 12.8. The Hall–Kier alpha value is -2.03. The molecule has 3 rings (SSSR count). The normalized spacial score (nSPS) is 19.3. The van der Waals surface area contributed by atoms with E-state index < -0.39 is 5.97 Å². The van der Waals surface area contributed by atoms with Crippen molar-refractivity contribution in [2.75, 3.05) is 46.6 Å². The van der Waals surface area contributed by atoms with E-state index in [4.69, 9.17) is 30.9 Å². The van der Waals surface area contributed by atoms with E-state index >= 15 is 0 Å². The van der Waals surface area contributed by atoms with Crippen LogP contribution in [-0.4, -0.2) is 79.5 Å². The lowest BCUT2D eigenvalue weighted by Crippen LogP contribution is -2.49. The van der Waals surface area contributed by atoms with Gasteiger partial charge in [0.2, 0.25) is 6.79 Å². The molecule has 1 atom stereocenters. The molecule has 136 valence electrons. The van der Waals surface area contributed by atoms with Crippen molar-refractivity contribution in [2.45, 2.75) is 6.10 Å². The average Bonchev–Trinajstić information content (AvgIpc) is 3.02. The van der Waals surface area contributed by atoms with Crippen LogP contribution in [0.2, 0.25) is 5.02 Å². The molecule has 0 aromatic heterocycles. The fourth-order valence-corrected chi connectivity index (χ4v) is 3.20. The van der Waals surface area contributed by atoms with E-state index in [9.17, 15) is 9.59 Å². The highest BCUT2D eigenvalue weighted by Gasteiger charge is 2.28. The van der Waals surface area contributed by atoms with Gasteiger partial charge in [0.15, 0.2) is 11.5 Å². The van der Waals surface area contributed by atoms with E-state index in [2.05, 4.69) is 0 Å². The maximum Gasteiger partial charge on any atom is 0.317 e. The average molecular weight is 371 g/mol. The predicted molar refractivity (Wildman–Crippen MR) is 88.4 cm³/mol. The fraction of sp³-hybridized carbons (Fsp3) is 0.500. The van der Waals surface area contributed by atoms with Crippen molar-refractivity contribution in [2.24, 2.45) is 0 Å². The minimum atomic E-state index is -0.902. The summed E-state index contributed by atoms with van der Waals surface area (Å²) in [5.41, 5.74) is 0.425. The molecule has 1 fully saturated rings. The van der Waals surface area contributed by atoms with E-state index in [0.717, 1.165) is 0 Å². The number of nitrogens with zero attached hydrogens (tertiary/aromatic N) is 2. The molecule has 0 radical (unpaired) electrons. The molecule has 0 spiro atoms. The standard InChI is InChI=1S/C16H19ClN2O6/c1-18(8-14(20)21)6-11-7-19(2-3-23-11)16(22)10-4-12(17)15-13(5-10)24-9-25-15/h4-5,11H,2-3,6-9H2,1H3,(H,20,21)/t11-/m1/s1. The Bertz CT molecular complexity index is 683. The number of likely N-dealkylation sites (N-methyl/N-ethyl adjacent to an activating group) is 1. The van der Waals surface area contributed by atoms with Gasteiger partial charge < -0.3 is 24.2 Å². The van der Waals surface area contributed by atoms with Gasteiger partial charge in [0.25, 0.3) is 5.91 Å². The van der Waals surface area contributed by atoms with Crippen molar-refractivity contribution < 1.29 is 28.9 Å². The van der Waals surface area contributed by atoms with Gasteiger partial charge in [-0.2, -0.15) is 0 Å². The number of rotatable bonds is 5. The molecule has 1 aromatic rings. The number of carbonyl (C=O) groups excluding carboxylic acids is 1. The molecule has 8 nitrogen and oxygen atoms in total. The van der Waals surface area contributed by atoms with E-state index in [-0.39, 0.29) is 25.3 Å². The number of carboxylic acid groups (broad SMARTS) is 1. The van der Waals surface area contributed by atoms with Gasteiger partial charge in [0.05, 0.1) is 24.3 Å². The number of hydrogen-bond donors (Lipinski definition) is 1. The Labute approximate surface area is 149 Å². The predicted octanol–water partition coefficient (Wildman–Crippen LogP) is 0.926. The van der Waals surface area contributed by atoms with E-state index in [0.29, 0.717) is 48.3 Å². The van der Waals surface area contributed by atoms with Crippen LogP contribution in [0.25, 0.3) is 0 Å². The summed E-state index contributed by atoms with van der Waals surface area (Å²) in [6.07, 6.45) is -0.244. The lowest BCUT2D eigenvalue weighted by atomic mass is 10.1. The number of ether oxygens (including phenoxy) is 3. The number of morpholine rings is 1. The molecule has 1 aromatic carbocycles. The minimum absolute atomic E-state index is 0.0778. The number of carboxylic acids is 1. The Morgan fingerprint density at radius 2 is 2.20 bits per heavy atom. The van der Waals surface area contributed by atoms with Gasteiger partial charge >= 0.3 is 5.97 Å². The summed E-state index contributed by atoms with van der Waals surface area (Å²) in [6.45, 7) is 1.68. The zero-order chi connectivity index (χ0) is 18.0. The second kappa shape index (κ2) is 7.47. The summed E-state index contributed by atoms with van der Waals surface area (Å²) >= 11 is 6.14. The summed E-state index contributed by atoms with van der Waals surface area (Å²) in [5, 5.41) is 9.16. The van der Waals surface area contributed by atoms with Crippen LogP contribution >= 0.6 is 11.6 Å². The van der Waals surface area contributed by atoms with Gasteiger partial charge in [0.1, 0.15) is 0 Å². The summed E-state index contributed by atoms with van der Waals surface area (Å²) in [6, 6.07) is 3.19. The van der Waals surface area contributed by atoms with Crippen LogP contribution in [0.4, 0.5) is 0 Å². The molecular weight excluding hydrogens is 352 g/mol. The lowest BCUT2D eigenvalue weighted by Gasteiger charge is -2.34. The van der Waals surface area contributed by atoms with Crippen LogP contribution in [-0.2, 0) is 9.53 Å². The number of halogens is 1. The molecule has 0 saturated carbocycles. The first kappa shape index (κ1) is 17.8. The largest absolute Gasteiger partial charge is 0.480 e. The molecule has 1 amide bonds. The zero-order valence-corrected chi connectivity index (χ0v) is 14.5. The molecule has 2 aliphatic rings. The highest BCUT2D eigenvalue weighted by molar-refractivity contribution is 6.32.